The molecule has 1 atom stereocenters. The molecule has 6 heteroatoms. The summed E-state index contributed by atoms with van der Waals surface area (Å²) in [6.45, 7) is 0. The zero-order valence-electron chi connectivity index (χ0n) is 8.91. The molecule has 6 nitrogen and oxygen atoms in total. The molecule has 0 spiro atoms. The third-order valence-corrected chi connectivity index (χ3v) is 2.39. The number of imidazole rings is 1. The standard InChI is InChI=1S/C11H11N3O3/c15-7-12-8(5-11(16)17)9-6-14-4-2-1-3-10(14)13-9/h1-4,6-8H,5H2,(H,12,15)(H,16,17)/t8-/m1/s1. The van der Waals surface area contributed by atoms with Gasteiger partial charge in [-0.2, -0.15) is 0 Å². The summed E-state index contributed by atoms with van der Waals surface area (Å²) in [5, 5.41) is 11.2. The second kappa shape index (κ2) is 4.65. The van der Waals surface area contributed by atoms with Crippen LogP contribution in [0.1, 0.15) is 18.2 Å². The molecule has 0 aliphatic rings. The number of carbonyl (C=O) groups is 2. The minimum atomic E-state index is -0.985. The van der Waals surface area contributed by atoms with Crippen molar-refractivity contribution in [3.8, 4) is 0 Å². The fourth-order valence-corrected chi connectivity index (χ4v) is 1.63. The fraction of sp³-hybridized carbons (Fsp3) is 0.182. The van der Waals surface area contributed by atoms with Crippen LogP contribution in [-0.4, -0.2) is 26.9 Å². The number of nitrogens with one attached hydrogen (secondary N) is 1. The molecule has 0 bridgehead atoms. The summed E-state index contributed by atoms with van der Waals surface area (Å²) in [7, 11) is 0. The van der Waals surface area contributed by atoms with E-state index in [1.165, 1.54) is 0 Å². The molecule has 2 aromatic rings. The van der Waals surface area contributed by atoms with Crippen molar-refractivity contribution in [2.24, 2.45) is 0 Å². The van der Waals surface area contributed by atoms with Crippen LogP contribution in [0.4, 0.5) is 0 Å². The van der Waals surface area contributed by atoms with Crippen molar-refractivity contribution >= 4 is 18.0 Å². The summed E-state index contributed by atoms with van der Waals surface area (Å²) in [6, 6.07) is 4.89. The monoisotopic (exact) mass is 233 g/mol. The van der Waals surface area contributed by atoms with Gasteiger partial charge in [-0.3, -0.25) is 9.59 Å². The summed E-state index contributed by atoms with van der Waals surface area (Å²) in [6.07, 6.45) is 3.81. The van der Waals surface area contributed by atoms with Gasteiger partial charge in [0.25, 0.3) is 0 Å². The Morgan fingerprint density at radius 1 is 1.59 bits per heavy atom. The third kappa shape index (κ3) is 2.41. The topological polar surface area (TPSA) is 83.7 Å². The van der Waals surface area contributed by atoms with Crippen molar-refractivity contribution < 1.29 is 14.7 Å². The van der Waals surface area contributed by atoms with Crippen LogP contribution in [0, 0.1) is 0 Å². The summed E-state index contributed by atoms with van der Waals surface area (Å²) in [4.78, 5) is 25.4. The number of amides is 1. The molecular formula is C11H11N3O3. The van der Waals surface area contributed by atoms with Crippen LogP contribution in [0.3, 0.4) is 0 Å². The molecule has 0 saturated carbocycles. The third-order valence-electron chi connectivity index (χ3n) is 2.39. The zero-order chi connectivity index (χ0) is 12.3. The molecule has 2 rings (SSSR count). The lowest BCUT2D eigenvalue weighted by atomic mass is 10.1. The van der Waals surface area contributed by atoms with Gasteiger partial charge < -0.3 is 14.8 Å². The molecule has 0 radical (unpaired) electrons. The first-order chi connectivity index (χ1) is 8.20. The highest BCUT2D eigenvalue weighted by Gasteiger charge is 2.17. The Bertz CT molecular complexity index is 517. The smallest absolute Gasteiger partial charge is 0.305 e. The number of fused-ring (bicyclic) bond motifs is 1. The molecule has 0 fully saturated rings. The number of carboxylic acid groups (broad SMARTS) is 1. The Hall–Kier alpha value is -2.37. The largest absolute Gasteiger partial charge is 0.481 e. The Labute approximate surface area is 96.9 Å². The summed E-state index contributed by atoms with van der Waals surface area (Å²) in [5.41, 5.74) is 1.25. The number of hydrogen-bond acceptors (Lipinski definition) is 3. The van der Waals surface area contributed by atoms with Crippen LogP contribution in [0.5, 0.6) is 0 Å². The normalized spacial score (nSPS) is 12.2. The first kappa shape index (κ1) is 11.1. The second-order valence-electron chi connectivity index (χ2n) is 3.57. The van der Waals surface area contributed by atoms with E-state index < -0.39 is 12.0 Å². The lowest BCUT2D eigenvalue weighted by Crippen LogP contribution is -2.22. The molecule has 1 amide bonds. The van der Waals surface area contributed by atoms with E-state index in [0.717, 1.165) is 0 Å². The van der Waals surface area contributed by atoms with Gasteiger partial charge in [-0.25, -0.2) is 4.98 Å². The Morgan fingerprint density at radius 3 is 3.06 bits per heavy atom. The van der Waals surface area contributed by atoms with Gasteiger partial charge in [0, 0.05) is 12.4 Å². The van der Waals surface area contributed by atoms with E-state index in [4.69, 9.17) is 5.11 Å². The Kier molecular flexibility index (Phi) is 3.04. The first-order valence-corrected chi connectivity index (χ1v) is 5.06. The molecule has 2 heterocycles. The summed E-state index contributed by atoms with van der Waals surface area (Å²) in [5.74, 6) is -0.985. The van der Waals surface area contributed by atoms with Gasteiger partial charge in [-0.15, -0.1) is 0 Å². The van der Waals surface area contributed by atoms with Gasteiger partial charge in [-0.1, -0.05) is 6.07 Å². The van der Waals surface area contributed by atoms with E-state index in [1.807, 2.05) is 24.4 Å². The molecule has 0 aliphatic carbocycles. The molecule has 0 unspecified atom stereocenters. The van der Waals surface area contributed by atoms with Crippen LogP contribution in [0.2, 0.25) is 0 Å². The van der Waals surface area contributed by atoms with Crippen molar-refractivity contribution in [3.05, 3.63) is 36.3 Å². The van der Waals surface area contributed by atoms with E-state index in [9.17, 15) is 9.59 Å². The number of hydrogen-bond donors (Lipinski definition) is 2. The molecule has 2 N–H and O–H groups in total. The van der Waals surface area contributed by atoms with Crippen LogP contribution < -0.4 is 5.32 Å². The quantitative estimate of drug-likeness (QED) is 0.740. The predicted octanol–water partition coefficient (Wildman–Crippen LogP) is 0.596. The highest BCUT2D eigenvalue weighted by molar-refractivity contribution is 5.68. The second-order valence-corrected chi connectivity index (χ2v) is 3.57. The van der Waals surface area contributed by atoms with E-state index in [-0.39, 0.29) is 6.42 Å². The zero-order valence-corrected chi connectivity index (χ0v) is 8.91. The van der Waals surface area contributed by atoms with Crippen molar-refractivity contribution in [1.29, 1.82) is 0 Å². The lowest BCUT2D eigenvalue weighted by molar-refractivity contribution is -0.137. The maximum Gasteiger partial charge on any atom is 0.305 e. The number of rotatable bonds is 5. The number of carbonyl (C=O) groups excluding carboxylic acids is 1. The molecule has 0 aromatic carbocycles. The number of carboxylic acids is 1. The average Bonchev–Trinajstić information content (AvgIpc) is 2.71. The van der Waals surface area contributed by atoms with E-state index in [1.54, 1.807) is 10.6 Å². The van der Waals surface area contributed by atoms with E-state index in [0.29, 0.717) is 17.8 Å². The van der Waals surface area contributed by atoms with Gasteiger partial charge in [-0.05, 0) is 12.1 Å². The highest BCUT2D eigenvalue weighted by atomic mass is 16.4. The molecule has 17 heavy (non-hydrogen) atoms. The SMILES string of the molecule is O=CN[C@H](CC(=O)O)c1cn2ccccc2n1. The summed E-state index contributed by atoms with van der Waals surface area (Å²) >= 11 is 0. The van der Waals surface area contributed by atoms with Crippen molar-refractivity contribution in [3.63, 3.8) is 0 Å². The van der Waals surface area contributed by atoms with E-state index in [2.05, 4.69) is 10.3 Å². The van der Waals surface area contributed by atoms with Gasteiger partial charge in [0.05, 0.1) is 18.2 Å². The number of pyridine rings is 1. The maximum absolute atomic E-state index is 10.7. The van der Waals surface area contributed by atoms with Gasteiger partial charge >= 0.3 is 5.97 Å². The fourth-order valence-electron chi connectivity index (χ4n) is 1.63. The van der Waals surface area contributed by atoms with Crippen LogP contribution >= 0.6 is 0 Å². The van der Waals surface area contributed by atoms with Gasteiger partial charge in [0.15, 0.2) is 0 Å². The Balaban J connectivity index is 2.34. The summed E-state index contributed by atoms with van der Waals surface area (Å²) < 4.78 is 1.77. The number of aliphatic carboxylic acids is 1. The maximum atomic E-state index is 10.7. The van der Waals surface area contributed by atoms with Crippen LogP contribution in [-0.2, 0) is 9.59 Å². The Morgan fingerprint density at radius 2 is 2.41 bits per heavy atom. The molecule has 0 saturated heterocycles. The van der Waals surface area contributed by atoms with Crippen molar-refractivity contribution in [2.45, 2.75) is 12.5 Å². The highest BCUT2D eigenvalue weighted by Crippen LogP contribution is 2.16. The molecule has 2 aromatic heterocycles. The minimum Gasteiger partial charge on any atom is -0.481 e. The number of nitrogens with zero attached hydrogens (tertiary/aromatic N) is 2. The van der Waals surface area contributed by atoms with Crippen LogP contribution in [0.25, 0.3) is 5.65 Å². The molecule has 0 aliphatic heterocycles. The minimum absolute atomic E-state index is 0.192. The lowest BCUT2D eigenvalue weighted by Gasteiger charge is -2.09. The first-order valence-electron chi connectivity index (χ1n) is 5.06. The average molecular weight is 233 g/mol. The molecule has 88 valence electrons. The van der Waals surface area contributed by atoms with Gasteiger partial charge in [0.2, 0.25) is 6.41 Å². The van der Waals surface area contributed by atoms with E-state index >= 15 is 0 Å². The van der Waals surface area contributed by atoms with Crippen molar-refractivity contribution in [2.75, 3.05) is 0 Å². The van der Waals surface area contributed by atoms with Crippen molar-refractivity contribution in [1.82, 2.24) is 14.7 Å². The van der Waals surface area contributed by atoms with Crippen LogP contribution in [0.15, 0.2) is 30.6 Å². The number of aromatic nitrogens is 2. The molecular weight excluding hydrogens is 222 g/mol. The predicted molar refractivity (Wildman–Crippen MR) is 59.4 cm³/mol. The van der Waals surface area contributed by atoms with Gasteiger partial charge in [0.1, 0.15) is 5.65 Å².